The van der Waals surface area contributed by atoms with Crippen molar-refractivity contribution in [3.05, 3.63) is 90.0 Å². The number of carbonyl (C=O) groups is 2. The first kappa shape index (κ1) is 21.2. The largest absolute Gasteiger partial charge is 0.479 e. The van der Waals surface area contributed by atoms with Gasteiger partial charge in [0.05, 0.1) is 0 Å². The Hall–Kier alpha value is -3.09. The van der Waals surface area contributed by atoms with Crippen LogP contribution >= 0.6 is 11.8 Å². The van der Waals surface area contributed by atoms with Crippen LogP contribution in [0.25, 0.3) is 11.1 Å². The van der Waals surface area contributed by atoms with Crippen LogP contribution in [0.4, 0.5) is 0 Å². The maximum atomic E-state index is 13.0. The molecule has 3 aromatic rings. The number of thioether (sulfide) groups is 1. The highest BCUT2D eigenvalue weighted by molar-refractivity contribution is 8.00. The monoisotopic (exact) mass is 433 g/mol. The van der Waals surface area contributed by atoms with E-state index >= 15 is 0 Å². The van der Waals surface area contributed by atoms with Crippen LogP contribution in [0.5, 0.6) is 0 Å². The van der Waals surface area contributed by atoms with Crippen molar-refractivity contribution in [3.63, 3.8) is 0 Å². The molecule has 1 aliphatic carbocycles. The molecule has 6 heteroatoms. The second-order valence-electron chi connectivity index (χ2n) is 7.57. The van der Waals surface area contributed by atoms with Gasteiger partial charge in [0.15, 0.2) is 0 Å². The fourth-order valence-corrected chi connectivity index (χ4v) is 5.05. The summed E-state index contributed by atoms with van der Waals surface area (Å²) >= 11 is 1.24. The Morgan fingerprint density at radius 2 is 1.48 bits per heavy atom. The maximum absolute atomic E-state index is 13.0. The number of esters is 1. The van der Waals surface area contributed by atoms with E-state index in [2.05, 4.69) is 0 Å². The fourth-order valence-electron chi connectivity index (χ4n) is 3.94. The Morgan fingerprint density at radius 3 is 2.03 bits per heavy atom. The summed E-state index contributed by atoms with van der Waals surface area (Å²) < 4.78 is 5.57. The second-order valence-corrected chi connectivity index (χ2v) is 8.99. The van der Waals surface area contributed by atoms with Crippen molar-refractivity contribution in [3.8, 4) is 11.1 Å². The van der Waals surface area contributed by atoms with Crippen molar-refractivity contribution in [2.75, 3.05) is 6.61 Å². The van der Waals surface area contributed by atoms with E-state index in [1.807, 2.05) is 78.9 Å². The molecule has 0 amide bonds. The van der Waals surface area contributed by atoms with Gasteiger partial charge in [-0.1, -0.05) is 66.7 Å². The number of benzene rings is 3. The van der Waals surface area contributed by atoms with Crippen molar-refractivity contribution in [1.29, 1.82) is 0 Å². The Balaban J connectivity index is 1.54. The molecular weight excluding hydrogens is 410 g/mol. The lowest BCUT2D eigenvalue weighted by molar-refractivity contribution is -0.161. The van der Waals surface area contributed by atoms with Crippen LogP contribution in [-0.2, 0) is 14.3 Å². The quantitative estimate of drug-likeness (QED) is 0.328. The van der Waals surface area contributed by atoms with Gasteiger partial charge in [-0.25, -0.2) is 9.59 Å². The Labute approximate surface area is 185 Å². The third kappa shape index (κ3) is 3.84. The van der Waals surface area contributed by atoms with Crippen molar-refractivity contribution in [1.82, 2.24) is 0 Å². The van der Waals surface area contributed by atoms with Gasteiger partial charge in [-0.05, 0) is 41.3 Å². The van der Waals surface area contributed by atoms with Crippen LogP contribution in [0.15, 0.2) is 83.8 Å². The zero-order chi connectivity index (χ0) is 22.0. The van der Waals surface area contributed by atoms with Crippen molar-refractivity contribution >= 4 is 23.7 Å². The SMILES string of the molecule is C[C@H](Sc1ccccc1)[C@@](N)(C(=O)O)C(=O)OCC1c2ccccc2-c2ccccc21. The van der Waals surface area contributed by atoms with Crippen molar-refractivity contribution < 1.29 is 19.4 Å². The average molecular weight is 434 g/mol. The normalized spacial score (nSPS) is 15.4. The molecule has 0 radical (unpaired) electrons. The predicted molar refractivity (Wildman–Crippen MR) is 121 cm³/mol. The van der Waals surface area contributed by atoms with Crippen molar-refractivity contribution in [2.45, 2.75) is 28.5 Å². The number of hydrogen-bond acceptors (Lipinski definition) is 5. The number of carboxylic acids is 1. The molecule has 3 aromatic carbocycles. The first-order chi connectivity index (χ1) is 14.9. The van der Waals surface area contributed by atoms with Gasteiger partial charge in [0, 0.05) is 16.1 Å². The molecule has 0 saturated carbocycles. The molecule has 0 saturated heterocycles. The first-order valence-electron chi connectivity index (χ1n) is 10.0. The molecule has 0 bridgehead atoms. The number of nitrogens with two attached hydrogens (primary N) is 1. The highest BCUT2D eigenvalue weighted by Gasteiger charge is 2.50. The Morgan fingerprint density at radius 1 is 0.968 bits per heavy atom. The van der Waals surface area contributed by atoms with E-state index in [9.17, 15) is 14.7 Å². The highest BCUT2D eigenvalue weighted by Crippen LogP contribution is 2.44. The van der Waals surface area contributed by atoms with Gasteiger partial charge in [-0.15, -0.1) is 11.8 Å². The maximum Gasteiger partial charge on any atom is 0.339 e. The minimum Gasteiger partial charge on any atom is -0.479 e. The van der Waals surface area contributed by atoms with Gasteiger partial charge >= 0.3 is 11.9 Å². The van der Waals surface area contributed by atoms with Crippen LogP contribution in [0.3, 0.4) is 0 Å². The fraction of sp³-hybridized carbons (Fsp3) is 0.200. The molecule has 3 N–H and O–H groups in total. The number of aliphatic carboxylic acids is 1. The number of fused-ring (bicyclic) bond motifs is 3. The van der Waals surface area contributed by atoms with Crippen LogP contribution in [-0.4, -0.2) is 34.4 Å². The van der Waals surface area contributed by atoms with E-state index in [4.69, 9.17) is 10.5 Å². The summed E-state index contributed by atoms with van der Waals surface area (Å²) in [5, 5.41) is 9.09. The molecule has 4 rings (SSSR count). The number of carbonyl (C=O) groups excluding carboxylic acids is 1. The Bertz CT molecular complexity index is 1070. The second kappa shape index (κ2) is 8.57. The van der Waals surface area contributed by atoms with E-state index < -0.39 is 22.7 Å². The minimum absolute atomic E-state index is 0.0296. The summed E-state index contributed by atoms with van der Waals surface area (Å²) in [5.74, 6) is -2.50. The average Bonchev–Trinajstić information content (AvgIpc) is 3.11. The minimum atomic E-state index is -2.17. The van der Waals surface area contributed by atoms with Gasteiger partial charge in [0.1, 0.15) is 6.61 Å². The van der Waals surface area contributed by atoms with E-state index in [1.54, 1.807) is 6.92 Å². The van der Waals surface area contributed by atoms with Crippen LogP contribution in [0.1, 0.15) is 24.0 Å². The molecule has 0 aliphatic heterocycles. The molecule has 0 aromatic heterocycles. The molecule has 0 fully saturated rings. The summed E-state index contributed by atoms with van der Waals surface area (Å²) in [6.07, 6.45) is 0. The van der Waals surface area contributed by atoms with Gasteiger partial charge < -0.3 is 15.6 Å². The summed E-state index contributed by atoms with van der Waals surface area (Å²) in [6, 6.07) is 25.2. The molecule has 158 valence electrons. The van der Waals surface area contributed by atoms with Crippen LogP contribution in [0.2, 0.25) is 0 Å². The molecule has 0 spiro atoms. The number of ether oxygens (including phenoxy) is 1. The molecule has 2 atom stereocenters. The number of rotatable bonds is 7. The first-order valence-corrected chi connectivity index (χ1v) is 10.9. The molecule has 31 heavy (non-hydrogen) atoms. The smallest absolute Gasteiger partial charge is 0.339 e. The number of carboxylic acid groups (broad SMARTS) is 1. The van der Waals surface area contributed by atoms with Crippen LogP contribution < -0.4 is 5.73 Å². The van der Waals surface area contributed by atoms with Gasteiger partial charge in [0.2, 0.25) is 5.54 Å². The lowest BCUT2D eigenvalue weighted by Gasteiger charge is -2.29. The van der Waals surface area contributed by atoms with Gasteiger partial charge in [-0.2, -0.15) is 0 Å². The van der Waals surface area contributed by atoms with Crippen molar-refractivity contribution in [2.24, 2.45) is 5.73 Å². The third-order valence-corrected chi connectivity index (χ3v) is 7.00. The molecule has 5 nitrogen and oxygen atoms in total. The molecular formula is C25H23NO4S. The van der Waals surface area contributed by atoms with Crippen LogP contribution in [0, 0.1) is 0 Å². The highest BCUT2D eigenvalue weighted by atomic mass is 32.2. The van der Waals surface area contributed by atoms with E-state index in [0.717, 1.165) is 27.1 Å². The summed E-state index contributed by atoms with van der Waals surface area (Å²) in [7, 11) is 0. The lowest BCUT2D eigenvalue weighted by atomic mass is 9.96. The molecule has 0 unspecified atom stereocenters. The van der Waals surface area contributed by atoms with E-state index in [0.29, 0.717) is 0 Å². The summed E-state index contributed by atoms with van der Waals surface area (Å²) in [5.41, 5.74) is 8.30. The van der Waals surface area contributed by atoms with E-state index in [-0.39, 0.29) is 12.5 Å². The Kier molecular flexibility index (Phi) is 5.85. The van der Waals surface area contributed by atoms with E-state index in [1.165, 1.54) is 11.8 Å². The predicted octanol–water partition coefficient (Wildman–Crippen LogP) is 4.31. The third-order valence-electron chi connectivity index (χ3n) is 5.73. The zero-order valence-electron chi connectivity index (χ0n) is 17.0. The topological polar surface area (TPSA) is 89.6 Å². The molecule has 1 aliphatic rings. The molecule has 0 heterocycles. The zero-order valence-corrected chi connectivity index (χ0v) is 17.8. The summed E-state index contributed by atoms with van der Waals surface area (Å²) in [4.78, 5) is 25.9. The van der Waals surface area contributed by atoms with Gasteiger partial charge in [-0.3, -0.25) is 0 Å². The lowest BCUT2D eigenvalue weighted by Crippen LogP contribution is -2.62. The number of hydrogen-bond donors (Lipinski definition) is 2. The summed E-state index contributed by atoms with van der Waals surface area (Å²) in [6.45, 7) is 1.66. The standard InChI is InChI=1S/C25H23NO4S/c1-16(31-17-9-3-2-4-10-17)25(26,23(27)28)24(29)30-15-22-20-13-7-5-11-18(20)19-12-6-8-14-21(19)22/h2-14,16,22H,15,26H2,1H3,(H,27,28)/t16-,25+/m0/s1. The van der Waals surface area contributed by atoms with Gasteiger partial charge in [0.25, 0.3) is 0 Å².